The van der Waals surface area contributed by atoms with Crippen LogP contribution in [0.4, 0.5) is 10.1 Å². The Labute approximate surface area is 167 Å². The third kappa shape index (κ3) is 5.08. The van der Waals surface area contributed by atoms with Crippen molar-refractivity contribution in [3.05, 3.63) is 52.5 Å². The number of aromatic nitrogens is 1. The van der Waals surface area contributed by atoms with Crippen LogP contribution in [-0.2, 0) is 9.53 Å². The van der Waals surface area contributed by atoms with Gasteiger partial charge in [0.05, 0.1) is 28.7 Å². The molecule has 0 unspecified atom stereocenters. The van der Waals surface area contributed by atoms with E-state index in [9.17, 15) is 19.2 Å². The molecule has 6 nitrogen and oxygen atoms in total. The molecule has 1 heterocycles. The first-order valence-corrected chi connectivity index (χ1v) is 9.47. The largest absolute Gasteiger partial charge is 0.462 e. The van der Waals surface area contributed by atoms with Crippen molar-refractivity contribution in [1.82, 2.24) is 4.98 Å². The van der Waals surface area contributed by atoms with Gasteiger partial charge in [-0.05, 0) is 51.5 Å². The van der Waals surface area contributed by atoms with E-state index in [1.54, 1.807) is 39.8 Å². The molecule has 1 amide bonds. The second-order valence-electron chi connectivity index (χ2n) is 6.02. The van der Waals surface area contributed by atoms with Crippen molar-refractivity contribution >= 4 is 29.3 Å². The van der Waals surface area contributed by atoms with Crippen LogP contribution in [-0.4, -0.2) is 28.7 Å². The third-order valence-corrected chi connectivity index (χ3v) is 4.99. The number of nitriles is 1. The van der Waals surface area contributed by atoms with Gasteiger partial charge in [0.1, 0.15) is 16.9 Å². The first kappa shape index (κ1) is 21.4. The number of thioether (sulfide) groups is 1. The van der Waals surface area contributed by atoms with Gasteiger partial charge in [-0.3, -0.25) is 4.79 Å². The quantitative estimate of drug-likeness (QED) is 0.581. The summed E-state index contributed by atoms with van der Waals surface area (Å²) in [6.07, 6.45) is 0. The zero-order valence-electron chi connectivity index (χ0n) is 16.0. The van der Waals surface area contributed by atoms with Crippen LogP contribution in [0.1, 0.15) is 41.0 Å². The van der Waals surface area contributed by atoms with Crippen molar-refractivity contribution in [2.75, 3.05) is 11.9 Å². The van der Waals surface area contributed by atoms with E-state index >= 15 is 0 Å². The van der Waals surface area contributed by atoms with Crippen LogP contribution in [0.25, 0.3) is 0 Å². The van der Waals surface area contributed by atoms with Crippen molar-refractivity contribution in [1.29, 1.82) is 5.26 Å². The molecular formula is C20H20FN3O3S. The number of halogens is 1. The van der Waals surface area contributed by atoms with E-state index in [2.05, 4.69) is 10.3 Å². The molecule has 28 heavy (non-hydrogen) atoms. The minimum Gasteiger partial charge on any atom is -0.462 e. The van der Waals surface area contributed by atoms with Gasteiger partial charge in [0.25, 0.3) is 0 Å². The van der Waals surface area contributed by atoms with E-state index in [1.807, 2.05) is 6.07 Å². The van der Waals surface area contributed by atoms with Gasteiger partial charge in [0.2, 0.25) is 5.91 Å². The smallest absolute Gasteiger partial charge is 0.340 e. The van der Waals surface area contributed by atoms with Gasteiger partial charge in [0, 0.05) is 5.69 Å². The SMILES string of the molecule is CCOC(=O)c1cc(C#N)c(S[C@@H](C)C(=O)Nc2ccc(C)c(F)c2)nc1C. The van der Waals surface area contributed by atoms with Crippen molar-refractivity contribution in [3.63, 3.8) is 0 Å². The standard InChI is InChI=1S/C20H20FN3O3S/c1-5-27-20(26)16-8-14(10-22)19(23-12(16)3)28-13(4)18(25)24-15-7-6-11(2)17(21)9-15/h6-9,13H,5H2,1-4H3,(H,24,25)/t13-/m0/s1. The summed E-state index contributed by atoms with van der Waals surface area (Å²) in [6.45, 7) is 6.83. The van der Waals surface area contributed by atoms with Gasteiger partial charge in [-0.25, -0.2) is 14.2 Å². The fraction of sp³-hybridized carbons (Fsp3) is 0.300. The number of amides is 1. The molecule has 2 rings (SSSR count). The van der Waals surface area contributed by atoms with E-state index in [0.717, 1.165) is 11.8 Å². The van der Waals surface area contributed by atoms with Crippen LogP contribution in [0.15, 0.2) is 29.3 Å². The van der Waals surface area contributed by atoms with Crippen LogP contribution >= 0.6 is 11.8 Å². The number of hydrogen-bond donors (Lipinski definition) is 1. The highest BCUT2D eigenvalue weighted by atomic mass is 32.2. The number of anilines is 1. The predicted octanol–water partition coefficient (Wildman–Crippen LogP) is 4.01. The van der Waals surface area contributed by atoms with Crippen molar-refractivity contribution in [2.24, 2.45) is 0 Å². The summed E-state index contributed by atoms with van der Waals surface area (Å²) in [4.78, 5) is 28.7. The first-order chi connectivity index (χ1) is 13.3. The van der Waals surface area contributed by atoms with Gasteiger partial charge < -0.3 is 10.1 Å². The van der Waals surface area contributed by atoms with Gasteiger partial charge >= 0.3 is 5.97 Å². The summed E-state index contributed by atoms with van der Waals surface area (Å²) >= 11 is 1.09. The minimum absolute atomic E-state index is 0.180. The summed E-state index contributed by atoms with van der Waals surface area (Å²) in [5, 5.41) is 11.8. The molecule has 0 bridgehead atoms. The maximum atomic E-state index is 13.6. The van der Waals surface area contributed by atoms with E-state index in [-0.39, 0.29) is 23.6 Å². The average Bonchev–Trinajstić information content (AvgIpc) is 2.65. The summed E-state index contributed by atoms with van der Waals surface area (Å²) in [7, 11) is 0. The molecule has 0 saturated heterocycles. The van der Waals surface area contributed by atoms with E-state index in [1.165, 1.54) is 12.1 Å². The van der Waals surface area contributed by atoms with Crippen molar-refractivity contribution < 1.29 is 18.7 Å². The molecular weight excluding hydrogens is 381 g/mol. The highest BCUT2D eigenvalue weighted by molar-refractivity contribution is 8.00. The molecule has 1 N–H and O–H groups in total. The first-order valence-electron chi connectivity index (χ1n) is 8.59. The van der Waals surface area contributed by atoms with E-state index in [0.29, 0.717) is 22.0 Å². The van der Waals surface area contributed by atoms with Gasteiger partial charge in [-0.1, -0.05) is 17.8 Å². The number of rotatable bonds is 6. The van der Waals surface area contributed by atoms with Gasteiger partial charge in [0.15, 0.2) is 0 Å². The fourth-order valence-electron chi connectivity index (χ4n) is 2.30. The maximum Gasteiger partial charge on any atom is 0.340 e. The molecule has 1 aromatic heterocycles. The van der Waals surface area contributed by atoms with Crippen molar-refractivity contribution in [3.8, 4) is 6.07 Å². The summed E-state index contributed by atoms with van der Waals surface area (Å²) < 4.78 is 18.6. The normalized spacial score (nSPS) is 11.4. The maximum absolute atomic E-state index is 13.6. The number of esters is 1. The van der Waals surface area contributed by atoms with Crippen LogP contribution in [0.3, 0.4) is 0 Å². The lowest BCUT2D eigenvalue weighted by molar-refractivity contribution is -0.115. The molecule has 0 aliphatic heterocycles. The Morgan fingerprint density at radius 1 is 1.36 bits per heavy atom. The van der Waals surface area contributed by atoms with Crippen molar-refractivity contribution in [2.45, 2.75) is 38.0 Å². The van der Waals surface area contributed by atoms with E-state index in [4.69, 9.17) is 4.74 Å². The molecule has 0 aliphatic carbocycles. The molecule has 0 radical (unpaired) electrons. The summed E-state index contributed by atoms with van der Waals surface area (Å²) in [6, 6.07) is 7.86. The summed E-state index contributed by atoms with van der Waals surface area (Å²) in [5.41, 5.74) is 1.64. The molecule has 0 fully saturated rings. The predicted molar refractivity (Wildman–Crippen MR) is 105 cm³/mol. The van der Waals surface area contributed by atoms with E-state index < -0.39 is 17.0 Å². The second kappa shape index (κ2) is 9.33. The molecule has 1 aromatic carbocycles. The van der Waals surface area contributed by atoms with Crippen LogP contribution < -0.4 is 5.32 Å². The Balaban J connectivity index is 2.18. The Morgan fingerprint density at radius 2 is 2.07 bits per heavy atom. The Hall–Kier alpha value is -2.92. The lowest BCUT2D eigenvalue weighted by atomic mass is 10.1. The van der Waals surface area contributed by atoms with Crippen LogP contribution in [0, 0.1) is 31.0 Å². The number of aryl methyl sites for hydroxylation is 2. The number of nitrogens with zero attached hydrogens (tertiary/aromatic N) is 2. The highest BCUT2D eigenvalue weighted by Crippen LogP contribution is 2.28. The number of hydrogen-bond acceptors (Lipinski definition) is 6. The summed E-state index contributed by atoms with van der Waals surface area (Å²) in [5.74, 6) is -1.31. The molecule has 0 spiro atoms. The zero-order chi connectivity index (χ0) is 20.8. The van der Waals surface area contributed by atoms with Gasteiger partial charge in [-0.15, -0.1) is 0 Å². The Bertz CT molecular complexity index is 956. The second-order valence-corrected chi connectivity index (χ2v) is 7.35. The van der Waals surface area contributed by atoms with Crippen LogP contribution in [0.2, 0.25) is 0 Å². The van der Waals surface area contributed by atoms with Crippen LogP contribution in [0.5, 0.6) is 0 Å². The zero-order valence-corrected chi connectivity index (χ0v) is 16.8. The lowest BCUT2D eigenvalue weighted by Gasteiger charge is -2.14. The monoisotopic (exact) mass is 401 g/mol. The fourth-order valence-corrected chi connectivity index (χ4v) is 3.23. The molecule has 1 atom stereocenters. The molecule has 0 saturated carbocycles. The number of benzene rings is 1. The molecule has 0 aliphatic rings. The number of ether oxygens (including phenoxy) is 1. The number of carbonyl (C=O) groups is 2. The molecule has 146 valence electrons. The number of pyridine rings is 1. The third-order valence-electron chi connectivity index (χ3n) is 3.89. The molecule has 2 aromatic rings. The molecule has 8 heteroatoms. The Morgan fingerprint density at radius 3 is 2.68 bits per heavy atom. The minimum atomic E-state index is -0.600. The highest BCUT2D eigenvalue weighted by Gasteiger charge is 2.21. The number of nitrogens with one attached hydrogen (secondary N) is 1. The lowest BCUT2D eigenvalue weighted by Crippen LogP contribution is -2.23. The number of carbonyl (C=O) groups excluding carboxylic acids is 2. The topological polar surface area (TPSA) is 92.1 Å². The average molecular weight is 401 g/mol. The van der Waals surface area contributed by atoms with Gasteiger partial charge in [-0.2, -0.15) is 5.26 Å². The Kier molecular flexibility index (Phi) is 7.12.